The highest BCUT2D eigenvalue weighted by molar-refractivity contribution is 5.68. The second kappa shape index (κ2) is 13.5. The van der Waals surface area contributed by atoms with Crippen molar-refractivity contribution in [3.05, 3.63) is 94.5 Å². The summed E-state index contributed by atoms with van der Waals surface area (Å²) in [7, 11) is 0. The van der Waals surface area contributed by atoms with Crippen LogP contribution in [-0.2, 0) is 12.8 Å². The van der Waals surface area contributed by atoms with E-state index in [1.807, 2.05) is 12.1 Å². The summed E-state index contributed by atoms with van der Waals surface area (Å²) in [4.78, 5) is 0. The molecule has 1 heteroatoms. The molecule has 1 aliphatic carbocycles. The first-order valence-corrected chi connectivity index (χ1v) is 14.3. The molecule has 1 saturated carbocycles. The Bertz CT molecular complexity index is 1110. The highest BCUT2D eigenvalue weighted by atomic mass is 14.3. The van der Waals surface area contributed by atoms with Gasteiger partial charge in [0, 0.05) is 0 Å². The number of rotatable bonds is 11. The van der Waals surface area contributed by atoms with E-state index in [0.29, 0.717) is 0 Å². The number of hydrogen-bond acceptors (Lipinski definition) is 1. The highest BCUT2D eigenvalue weighted by Crippen LogP contribution is 2.38. The summed E-state index contributed by atoms with van der Waals surface area (Å²) in [5.74, 6) is 1.75. The standard InChI is InChI=1S/C35H43N/c1-3-4-5-6-7-8-28-11-18-32(19-12-28)33-20-13-29(14-21-33)9-10-30-15-22-34(23-16-30)35-24-17-31(26-36)25-27(35)2/h13-17,20-25,28,32H,3-12,18-19H2,1-2H3. The predicted octanol–water partition coefficient (Wildman–Crippen LogP) is 9.95. The van der Waals surface area contributed by atoms with Crippen LogP contribution in [0.15, 0.2) is 66.7 Å². The van der Waals surface area contributed by atoms with Crippen molar-refractivity contribution in [2.45, 2.75) is 96.8 Å². The van der Waals surface area contributed by atoms with E-state index in [0.717, 1.165) is 35.8 Å². The molecule has 188 valence electrons. The van der Waals surface area contributed by atoms with Gasteiger partial charge in [0.1, 0.15) is 0 Å². The summed E-state index contributed by atoms with van der Waals surface area (Å²) in [6.45, 7) is 4.38. The zero-order chi connectivity index (χ0) is 25.2. The first-order chi connectivity index (χ1) is 17.7. The maximum absolute atomic E-state index is 9.10. The molecular formula is C35H43N. The average Bonchev–Trinajstić information content (AvgIpc) is 2.93. The molecule has 3 aromatic rings. The third kappa shape index (κ3) is 7.33. The van der Waals surface area contributed by atoms with E-state index >= 15 is 0 Å². The Balaban J connectivity index is 1.23. The lowest BCUT2D eigenvalue weighted by molar-refractivity contribution is 0.302. The van der Waals surface area contributed by atoms with Crippen LogP contribution in [0.3, 0.4) is 0 Å². The Hall–Kier alpha value is -2.85. The molecule has 0 radical (unpaired) electrons. The van der Waals surface area contributed by atoms with E-state index < -0.39 is 0 Å². The largest absolute Gasteiger partial charge is 0.192 e. The van der Waals surface area contributed by atoms with Crippen molar-refractivity contribution in [3.8, 4) is 17.2 Å². The summed E-state index contributed by atoms with van der Waals surface area (Å²) in [6.07, 6.45) is 16.3. The van der Waals surface area contributed by atoms with Crippen LogP contribution < -0.4 is 0 Å². The molecule has 0 bridgehead atoms. The van der Waals surface area contributed by atoms with Gasteiger partial charge in [-0.3, -0.25) is 0 Å². The number of unbranched alkanes of at least 4 members (excludes halogenated alkanes) is 4. The summed E-state index contributed by atoms with van der Waals surface area (Å²) < 4.78 is 0. The minimum atomic E-state index is 0.722. The van der Waals surface area contributed by atoms with Crippen molar-refractivity contribution in [2.75, 3.05) is 0 Å². The van der Waals surface area contributed by atoms with E-state index in [2.05, 4.69) is 74.5 Å². The fraction of sp³-hybridized carbons (Fsp3) is 0.457. The number of hydrogen-bond donors (Lipinski definition) is 0. The van der Waals surface area contributed by atoms with Gasteiger partial charge >= 0.3 is 0 Å². The maximum Gasteiger partial charge on any atom is 0.0991 e. The molecule has 1 nitrogen and oxygen atoms in total. The fourth-order valence-corrected chi connectivity index (χ4v) is 5.97. The first kappa shape index (κ1) is 26.2. The summed E-state index contributed by atoms with van der Waals surface area (Å²) >= 11 is 0. The zero-order valence-electron chi connectivity index (χ0n) is 22.4. The van der Waals surface area contributed by atoms with Gasteiger partial charge in [-0.25, -0.2) is 0 Å². The molecule has 1 aliphatic rings. The fourth-order valence-electron chi connectivity index (χ4n) is 5.97. The first-order valence-electron chi connectivity index (χ1n) is 14.3. The molecule has 4 rings (SSSR count). The third-order valence-corrected chi connectivity index (χ3v) is 8.34. The molecule has 0 saturated heterocycles. The molecule has 0 amide bonds. The Kier molecular flexibility index (Phi) is 9.80. The number of nitriles is 1. The van der Waals surface area contributed by atoms with Crippen LogP contribution in [0.2, 0.25) is 0 Å². The van der Waals surface area contributed by atoms with Crippen molar-refractivity contribution >= 4 is 0 Å². The Labute approximate surface area is 219 Å². The Morgan fingerprint density at radius 3 is 2.00 bits per heavy atom. The summed E-state index contributed by atoms with van der Waals surface area (Å²) in [5.41, 5.74) is 8.67. The molecule has 0 unspecified atom stereocenters. The van der Waals surface area contributed by atoms with Gasteiger partial charge in [0.05, 0.1) is 11.6 Å². The Morgan fingerprint density at radius 1 is 0.750 bits per heavy atom. The lowest BCUT2D eigenvalue weighted by Crippen LogP contribution is -2.13. The van der Waals surface area contributed by atoms with Crippen LogP contribution in [-0.4, -0.2) is 0 Å². The van der Waals surface area contributed by atoms with Crippen LogP contribution >= 0.6 is 0 Å². The molecule has 0 aromatic heterocycles. The second-order valence-corrected chi connectivity index (χ2v) is 11.0. The predicted molar refractivity (Wildman–Crippen MR) is 153 cm³/mol. The number of nitrogens with zero attached hydrogens (tertiary/aromatic N) is 1. The normalized spacial score (nSPS) is 17.6. The van der Waals surface area contributed by atoms with Crippen molar-refractivity contribution in [3.63, 3.8) is 0 Å². The molecular weight excluding hydrogens is 434 g/mol. The lowest BCUT2D eigenvalue weighted by atomic mass is 9.77. The third-order valence-electron chi connectivity index (χ3n) is 8.34. The molecule has 0 heterocycles. The summed E-state index contributed by atoms with van der Waals surface area (Å²) in [6, 6.07) is 26.6. The number of benzene rings is 3. The second-order valence-electron chi connectivity index (χ2n) is 11.0. The van der Waals surface area contributed by atoms with Gasteiger partial charge in [-0.05, 0) is 103 Å². The van der Waals surface area contributed by atoms with Gasteiger partial charge < -0.3 is 0 Å². The maximum atomic E-state index is 9.10. The molecule has 0 N–H and O–H groups in total. The molecule has 3 aromatic carbocycles. The van der Waals surface area contributed by atoms with Crippen molar-refractivity contribution in [2.24, 2.45) is 5.92 Å². The van der Waals surface area contributed by atoms with Crippen LogP contribution in [0.1, 0.15) is 105 Å². The molecule has 36 heavy (non-hydrogen) atoms. The van der Waals surface area contributed by atoms with E-state index in [4.69, 9.17) is 5.26 Å². The number of aryl methyl sites for hydroxylation is 3. The SMILES string of the molecule is CCCCCCCC1CCC(c2ccc(CCc3ccc(-c4ccc(C#N)cc4C)cc3)cc2)CC1. The Morgan fingerprint density at radius 2 is 1.39 bits per heavy atom. The van der Waals surface area contributed by atoms with Gasteiger partial charge in [-0.2, -0.15) is 5.26 Å². The van der Waals surface area contributed by atoms with Crippen molar-refractivity contribution in [1.82, 2.24) is 0 Å². The molecule has 0 aliphatic heterocycles. The topological polar surface area (TPSA) is 23.8 Å². The van der Waals surface area contributed by atoms with Gasteiger partial charge in [0.15, 0.2) is 0 Å². The van der Waals surface area contributed by atoms with Gasteiger partial charge in [0.25, 0.3) is 0 Å². The van der Waals surface area contributed by atoms with Crippen molar-refractivity contribution < 1.29 is 0 Å². The van der Waals surface area contributed by atoms with Gasteiger partial charge in [0.2, 0.25) is 0 Å². The quantitative estimate of drug-likeness (QED) is 0.252. The van der Waals surface area contributed by atoms with Crippen LogP contribution in [0.25, 0.3) is 11.1 Å². The molecule has 1 fully saturated rings. The van der Waals surface area contributed by atoms with Crippen LogP contribution in [0.4, 0.5) is 0 Å². The molecule has 0 spiro atoms. The molecule has 0 atom stereocenters. The van der Waals surface area contributed by atoms with Gasteiger partial charge in [-0.15, -0.1) is 0 Å². The summed E-state index contributed by atoms with van der Waals surface area (Å²) in [5, 5.41) is 9.10. The van der Waals surface area contributed by atoms with Gasteiger partial charge in [-0.1, -0.05) is 100 Å². The van der Waals surface area contributed by atoms with Crippen LogP contribution in [0, 0.1) is 24.2 Å². The highest BCUT2D eigenvalue weighted by Gasteiger charge is 2.22. The average molecular weight is 478 g/mol. The van der Waals surface area contributed by atoms with E-state index in [1.54, 1.807) is 5.56 Å². The minimum absolute atomic E-state index is 0.722. The zero-order valence-corrected chi connectivity index (χ0v) is 22.4. The van der Waals surface area contributed by atoms with Crippen molar-refractivity contribution in [1.29, 1.82) is 5.26 Å². The van der Waals surface area contributed by atoms with Crippen LogP contribution in [0.5, 0.6) is 0 Å². The minimum Gasteiger partial charge on any atom is -0.192 e. The van der Waals surface area contributed by atoms with E-state index in [1.165, 1.54) is 86.5 Å². The lowest BCUT2D eigenvalue weighted by Gasteiger charge is -2.29. The van der Waals surface area contributed by atoms with E-state index in [-0.39, 0.29) is 0 Å². The monoisotopic (exact) mass is 477 g/mol. The van der Waals surface area contributed by atoms with E-state index in [9.17, 15) is 0 Å². The smallest absolute Gasteiger partial charge is 0.0991 e.